The summed E-state index contributed by atoms with van der Waals surface area (Å²) in [6, 6.07) is 10.3. The molecule has 0 aromatic heterocycles. The molecule has 0 spiro atoms. The van der Waals surface area contributed by atoms with Crippen LogP contribution in [0.3, 0.4) is 0 Å². The lowest BCUT2D eigenvalue weighted by atomic mass is 9.74. The normalized spacial score (nSPS) is 25.9. The van der Waals surface area contributed by atoms with Gasteiger partial charge in [-0.1, -0.05) is 36.8 Å². The van der Waals surface area contributed by atoms with E-state index in [9.17, 15) is 14.7 Å². The van der Waals surface area contributed by atoms with Gasteiger partial charge < -0.3 is 15.2 Å². The molecule has 1 aliphatic heterocycles. The van der Waals surface area contributed by atoms with Crippen molar-refractivity contribution >= 4 is 11.9 Å². The van der Waals surface area contributed by atoms with Crippen molar-refractivity contribution in [2.24, 2.45) is 11.8 Å². The van der Waals surface area contributed by atoms with Crippen LogP contribution < -0.4 is 5.32 Å². The molecule has 2 unspecified atom stereocenters. The molecule has 2 fully saturated rings. The number of rotatable bonds is 5. The summed E-state index contributed by atoms with van der Waals surface area (Å²) in [6.07, 6.45) is 4.52. The number of carboxylic acids is 1. The number of nitrogens with one attached hydrogen (secondary N) is 1. The second kappa shape index (κ2) is 8.00. The number of carbonyl (C=O) groups excluding carboxylic acids is 1. The molecule has 3 rings (SSSR count). The number of ether oxygens (including phenoxy) is 1. The summed E-state index contributed by atoms with van der Waals surface area (Å²) in [7, 11) is 0. The first-order valence-electron chi connectivity index (χ1n) is 9.24. The molecule has 25 heavy (non-hydrogen) atoms. The second-order valence-corrected chi connectivity index (χ2v) is 7.38. The van der Waals surface area contributed by atoms with E-state index in [1.54, 1.807) is 0 Å². The molecule has 0 radical (unpaired) electrons. The van der Waals surface area contributed by atoms with Crippen LogP contribution in [0.25, 0.3) is 0 Å². The zero-order valence-electron chi connectivity index (χ0n) is 14.6. The summed E-state index contributed by atoms with van der Waals surface area (Å²) in [6.45, 7) is 2.00. The second-order valence-electron chi connectivity index (χ2n) is 7.38. The molecule has 1 saturated heterocycles. The summed E-state index contributed by atoms with van der Waals surface area (Å²) in [5.74, 6) is -1.33. The van der Waals surface area contributed by atoms with Crippen LogP contribution in [0.2, 0.25) is 0 Å². The van der Waals surface area contributed by atoms with Crippen molar-refractivity contribution in [1.29, 1.82) is 0 Å². The van der Waals surface area contributed by atoms with Gasteiger partial charge in [0.15, 0.2) is 0 Å². The quantitative estimate of drug-likeness (QED) is 0.860. The minimum Gasteiger partial charge on any atom is -0.481 e. The molecule has 0 bridgehead atoms. The van der Waals surface area contributed by atoms with Crippen LogP contribution in [0.15, 0.2) is 30.3 Å². The van der Waals surface area contributed by atoms with Gasteiger partial charge >= 0.3 is 5.97 Å². The number of benzene rings is 1. The van der Waals surface area contributed by atoms with E-state index >= 15 is 0 Å². The molecule has 1 amide bonds. The zero-order valence-corrected chi connectivity index (χ0v) is 14.6. The molecule has 2 aliphatic rings. The predicted molar refractivity (Wildman–Crippen MR) is 94.3 cm³/mol. The molecule has 1 aromatic rings. The Morgan fingerprint density at radius 3 is 2.48 bits per heavy atom. The lowest BCUT2D eigenvalue weighted by molar-refractivity contribution is -0.144. The summed E-state index contributed by atoms with van der Waals surface area (Å²) in [5.41, 5.74) is 1.15. The van der Waals surface area contributed by atoms with Crippen LogP contribution >= 0.6 is 0 Å². The molecule has 1 aliphatic carbocycles. The summed E-state index contributed by atoms with van der Waals surface area (Å²) < 4.78 is 5.53. The SMILES string of the molecule is O=C(O)C1CCCC(C(=O)NCC2(c3ccccc3)CCOCC2)C1. The Labute approximate surface area is 148 Å². The van der Waals surface area contributed by atoms with Gasteiger partial charge in [-0.2, -0.15) is 0 Å². The van der Waals surface area contributed by atoms with Crippen molar-refractivity contribution in [3.63, 3.8) is 0 Å². The Bertz CT molecular complexity index is 595. The molecule has 136 valence electrons. The smallest absolute Gasteiger partial charge is 0.306 e. The largest absolute Gasteiger partial charge is 0.481 e. The molecule has 5 nitrogen and oxygen atoms in total. The molecular weight excluding hydrogens is 318 g/mol. The topological polar surface area (TPSA) is 75.6 Å². The van der Waals surface area contributed by atoms with E-state index in [2.05, 4.69) is 17.4 Å². The highest BCUT2D eigenvalue weighted by Gasteiger charge is 2.36. The molecule has 1 saturated carbocycles. The fraction of sp³-hybridized carbons (Fsp3) is 0.600. The van der Waals surface area contributed by atoms with Crippen molar-refractivity contribution in [3.05, 3.63) is 35.9 Å². The first kappa shape index (κ1) is 17.9. The minimum absolute atomic E-state index is 0.00717. The number of hydrogen-bond donors (Lipinski definition) is 2. The molecule has 5 heteroatoms. The van der Waals surface area contributed by atoms with Gasteiger partial charge in [0, 0.05) is 31.1 Å². The maximum absolute atomic E-state index is 12.6. The van der Waals surface area contributed by atoms with Crippen LogP contribution in [0.4, 0.5) is 0 Å². The van der Waals surface area contributed by atoms with Crippen LogP contribution in [0, 0.1) is 11.8 Å². The van der Waals surface area contributed by atoms with E-state index in [1.807, 2.05) is 18.2 Å². The van der Waals surface area contributed by atoms with Crippen molar-refractivity contribution in [3.8, 4) is 0 Å². The highest BCUT2D eigenvalue weighted by molar-refractivity contribution is 5.80. The van der Waals surface area contributed by atoms with Gasteiger partial charge in [-0.25, -0.2) is 0 Å². The third-order valence-electron chi connectivity index (χ3n) is 5.83. The number of amides is 1. The minimum atomic E-state index is -0.775. The van der Waals surface area contributed by atoms with Crippen molar-refractivity contribution < 1.29 is 19.4 Å². The fourth-order valence-electron chi connectivity index (χ4n) is 4.17. The number of aliphatic carboxylic acids is 1. The average Bonchev–Trinajstić information content (AvgIpc) is 2.67. The average molecular weight is 345 g/mol. The zero-order chi connectivity index (χ0) is 17.7. The Kier molecular flexibility index (Phi) is 5.74. The van der Waals surface area contributed by atoms with Crippen LogP contribution in [-0.2, 0) is 19.7 Å². The molecular formula is C20H27NO4. The van der Waals surface area contributed by atoms with Crippen molar-refractivity contribution in [1.82, 2.24) is 5.32 Å². The van der Waals surface area contributed by atoms with Gasteiger partial charge in [-0.3, -0.25) is 9.59 Å². The van der Waals surface area contributed by atoms with Crippen LogP contribution in [-0.4, -0.2) is 36.7 Å². The monoisotopic (exact) mass is 345 g/mol. The molecule has 1 aromatic carbocycles. The highest BCUT2D eigenvalue weighted by atomic mass is 16.5. The van der Waals surface area contributed by atoms with E-state index in [-0.39, 0.29) is 23.2 Å². The standard InChI is InChI=1S/C20H27NO4/c22-18(15-5-4-6-16(13-15)19(23)24)21-14-20(9-11-25-12-10-20)17-7-2-1-3-8-17/h1-3,7-8,15-16H,4-6,9-14H2,(H,21,22)(H,23,24). The maximum Gasteiger partial charge on any atom is 0.306 e. The predicted octanol–water partition coefficient (Wildman–Crippen LogP) is 2.74. The summed E-state index contributed by atoms with van der Waals surface area (Å²) >= 11 is 0. The van der Waals surface area contributed by atoms with Crippen LogP contribution in [0.1, 0.15) is 44.1 Å². The molecule has 2 N–H and O–H groups in total. The summed E-state index contributed by atoms with van der Waals surface area (Å²) in [4.78, 5) is 23.9. The Balaban J connectivity index is 1.65. The Morgan fingerprint density at radius 1 is 1.12 bits per heavy atom. The highest BCUT2D eigenvalue weighted by Crippen LogP contribution is 2.35. The Morgan fingerprint density at radius 2 is 1.80 bits per heavy atom. The lowest BCUT2D eigenvalue weighted by Gasteiger charge is -2.38. The van der Waals surface area contributed by atoms with Gasteiger partial charge in [0.2, 0.25) is 5.91 Å². The number of hydrogen-bond acceptors (Lipinski definition) is 3. The van der Waals surface area contributed by atoms with E-state index in [4.69, 9.17) is 4.74 Å². The van der Waals surface area contributed by atoms with Gasteiger partial charge in [-0.05, 0) is 37.7 Å². The van der Waals surface area contributed by atoms with E-state index in [0.29, 0.717) is 32.6 Å². The fourth-order valence-corrected chi connectivity index (χ4v) is 4.17. The summed E-state index contributed by atoms with van der Waals surface area (Å²) in [5, 5.41) is 12.3. The van der Waals surface area contributed by atoms with E-state index in [1.165, 1.54) is 5.56 Å². The van der Waals surface area contributed by atoms with E-state index < -0.39 is 5.97 Å². The third kappa shape index (κ3) is 4.21. The first-order chi connectivity index (χ1) is 12.1. The van der Waals surface area contributed by atoms with Crippen LogP contribution in [0.5, 0.6) is 0 Å². The van der Waals surface area contributed by atoms with E-state index in [0.717, 1.165) is 25.7 Å². The van der Waals surface area contributed by atoms with Crippen molar-refractivity contribution in [2.45, 2.75) is 43.9 Å². The third-order valence-corrected chi connectivity index (χ3v) is 5.83. The van der Waals surface area contributed by atoms with Gasteiger partial charge in [0.05, 0.1) is 5.92 Å². The van der Waals surface area contributed by atoms with Gasteiger partial charge in [0.1, 0.15) is 0 Å². The molecule has 2 atom stereocenters. The number of carbonyl (C=O) groups is 2. The van der Waals surface area contributed by atoms with Gasteiger partial charge in [0.25, 0.3) is 0 Å². The molecule has 1 heterocycles. The Hall–Kier alpha value is -1.88. The number of carboxylic acid groups (broad SMARTS) is 1. The maximum atomic E-state index is 12.6. The van der Waals surface area contributed by atoms with Crippen molar-refractivity contribution in [2.75, 3.05) is 19.8 Å². The van der Waals surface area contributed by atoms with Gasteiger partial charge in [-0.15, -0.1) is 0 Å². The lowest BCUT2D eigenvalue weighted by Crippen LogP contribution is -2.46. The first-order valence-corrected chi connectivity index (χ1v) is 9.24.